The Morgan fingerprint density at radius 3 is 2.79 bits per heavy atom. The van der Waals surface area contributed by atoms with Crippen LogP contribution in [0.2, 0.25) is 25.7 Å². The van der Waals surface area contributed by atoms with E-state index in [1.54, 1.807) is 17.2 Å². The summed E-state index contributed by atoms with van der Waals surface area (Å²) >= 11 is 0. The zero-order valence-corrected chi connectivity index (χ0v) is 20.8. The predicted octanol–water partition coefficient (Wildman–Crippen LogP) is 4.79. The molecule has 8 nitrogen and oxygen atoms in total. The Kier molecular flexibility index (Phi) is 6.38. The van der Waals surface area contributed by atoms with Gasteiger partial charge in [-0.1, -0.05) is 33.0 Å². The molecule has 0 amide bonds. The van der Waals surface area contributed by atoms with E-state index in [4.69, 9.17) is 4.74 Å². The fourth-order valence-electron chi connectivity index (χ4n) is 4.75. The van der Waals surface area contributed by atoms with Crippen LogP contribution >= 0.6 is 0 Å². The van der Waals surface area contributed by atoms with E-state index in [-0.39, 0.29) is 11.8 Å². The van der Waals surface area contributed by atoms with Crippen LogP contribution in [0.3, 0.4) is 0 Å². The Morgan fingerprint density at radius 1 is 1.27 bits per heavy atom. The van der Waals surface area contributed by atoms with Crippen LogP contribution in [0.15, 0.2) is 31.0 Å². The summed E-state index contributed by atoms with van der Waals surface area (Å²) in [5, 5.41) is 25.4. The number of nitriles is 2. The van der Waals surface area contributed by atoms with Crippen LogP contribution < -0.4 is 0 Å². The maximum absolute atomic E-state index is 10.1. The summed E-state index contributed by atoms with van der Waals surface area (Å²) in [6.45, 7) is 10.3. The first-order valence-electron chi connectivity index (χ1n) is 11.6. The molecule has 9 heteroatoms. The second kappa shape index (κ2) is 9.09. The molecule has 0 aliphatic heterocycles. The molecule has 4 rings (SSSR count). The van der Waals surface area contributed by atoms with Crippen molar-refractivity contribution in [3.63, 3.8) is 0 Å². The van der Waals surface area contributed by atoms with Crippen LogP contribution in [-0.2, 0) is 17.0 Å². The van der Waals surface area contributed by atoms with Gasteiger partial charge in [0.1, 0.15) is 18.7 Å². The van der Waals surface area contributed by atoms with Gasteiger partial charge in [-0.2, -0.15) is 15.6 Å². The molecule has 1 saturated carbocycles. The van der Waals surface area contributed by atoms with Crippen molar-refractivity contribution in [1.82, 2.24) is 24.3 Å². The van der Waals surface area contributed by atoms with Crippen LogP contribution in [0.25, 0.3) is 22.3 Å². The van der Waals surface area contributed by atoms with Gasteiger partial charge in [-0.05, 0) is 30.9 Å². The van der Waals surface area contributed by atoms with Crippen molar-refractivity contribution in [3.05, 3.63) is 31.0 Å². The summed E-state index contributed by atoms with van der Waals surface area (Å²) < 4.78 is 9.58. The number of hydrogen-bond donors (Lipinski definition) is 0. The van der Waals surface area contributed by atoms with E-state index in [2.05, 4.69) is 53.8 Å². The van der Waals surface area contributed by atoms with Crippen LogP contribution in [0, 0.1) is 34.5 Å². The molecule has 0 radical (unpaired) electrons. The summed E-state index contributed by atoms with van der Waals surface area (Å²) in [4.78, 5) is 8.99. The molecular formula is C24H31N7OSi. The monoisotopic (exact) mass is 461 g/mol. The summed E-state index contributed by atoms with van der Waals surface area (Å²) in [5.41, 5.74) is 1.44. The number of ether oxygens (including phenoxy) is 1. The third-order valence-corrected chi connectivity index (χ3v) is 8.49. The lowest BCUT2D eigenvalue weighted by Crippen LogP contribution is -2.37. The van der Waals surface area contributed by atoms with E-state index >= 15 is 0 Å². The highest BCUT2D eigenvalue weighted by Gasteiger charge is 2.51. The summed E-state index contributed by atoms with van der Waals surface area (Å²) in [5.74, 6) is -0.164. The van der Waals surface area contributed by atoms with Crippen LogP contribution in [0.4, 0.5) is 0 Å². The number of aromatic nitrogens is 5. The number of rotatable bonds is 8. The highest BCUT2D eigenvalue weighted by Crippen LogP contribution is 2.46. The second-order valence-electron chi connectivity index (χ2n) is 10.1. The van der Waals surface area contributed by atoms with Crippen molar-refractivity contribution < 1.29 is 4.74 Å². The Bertz CT molecular complexity index is 1210. The first-order valence-corrected chi connectivity index (χ1v) is 15.3. The van der Waals surface area contributed by atoms with Crippen molar-refractivity contribution in [2.75, 3.05) is 6.61 Å². The molecule has 1 fully saturated rings. The molecule has 3 aromatic heterocycles. The zero-order chi connectivity index (χ0) is 23.6. The molecule has 0 N–H and O–H groups in total. The zero-order valence-electron chi connectivity index (χ0n) is 19.8. The van der Waals surface area contributed by atoms with Gasteiger partial charge in [0.25, 0.3) is 0 Å². The highest BCUT2D eigenvalue weighted by atomic mass is 28.3. The third kappa shape index (κ3) is 4.31. The van der Waals surface area contributed by atoms with Crippen molar-refractivity contribution in [2.45, 2.75) is 64.1 Å². The van der Waals surface area contributed by atoms with Gasteiger partial charge < -0.3 is 9.30 Å². The molecule has 3 unspecified atom stereocenters. The molecule has 0 saturated heterocycles. The molecule has 3 heterocycles. The number of fused-ring (bicyclic) bond motifs is 1. The van der Waals surface area contributed by atoms with Gasteiger partial charge in [-0.15, -0.1) is 0 Å². The van der Waals surface area contributed by atoms with Gasteiger partial charge in [0, 0.05) is 38.0 Å². The quantitative estimate of drug-likeness (QED) is 0.353. The summed E-state index contributed by atoms with van der Waals surface area (Å²) in [7, 11) is -1.13. The minimum Gasteiger partial charge on any atom is -0.361 e. The fourth-order valence-corrected chi connectivity index (χ4v) is 5.50. The molecule has 1 aliphatic carbocycles. The maximum Gasteiger partial charge on any atom is 0.164 e. The van der Waals surface area contributed by atoms with Crippen LogP contribution in [0.1, 0.15) is 26.2 Å². The predicted molar refractivity (Wildman–Crippen MR) is 129 cm³/mol. The molecular weight excluding hydrogens is 430 g/mol. The third-order valence-electron chi connectivity index (χ3n) is 6.79. The van der Waals surface area contributed by atoms with E-state index in [1.165, 1.54) is 0 Å². The second-order valence-corrected chi connectivity index (χ2v) is 15.7. The topological polar surface area (TPSA) is 105 Å². The SMILES string of the molecule is CCC1CCC(C#N)(n2cc(-c3ncnc4c3ccn4COCC[Si](C)(C)C)cn2)C1C#N. The van der Waals surface area contributed by atoms with Gasteiger partial charge in [0.2, 0.25) is 0 Å². The fraction of sp³-hybridized carbons (Fsp3) is 0.542. The molecule has 0 aromatic carbocycles. The normalized spacial score (nSPS) is 23.0. The maximum atomic E-state index is 10.1. The lowest BCUT2D eigenvalue weighted by atomic mass is 9.84. The van der Waals surface area contributed by atoms with Crippen LogP contribution in [-0.4, -0.2) is 39.0 Å². The Balaban J connectivity index is 1.61. The first kappa shape index (κ1) is 23.2. The number of nitrogens with zero attached hydrogens (tertiary/aromatic N) is 7. The van der Waals surface area contributed by atoms with Crippen molar-refractivity contribution in [3.8, 4) is 23.4 Å². The molecule has 33 heavy (non-hydrogen) atoms. The molecule has 172 valence electrons. The molecule has 1 aliphatic rings. The van der Waals surface area contributed by atoms with Crippen LogP contribution in [0.5, 0.6) is 0 Å². The van der Waals surface area contributed by atoms with Crippen molar-refractivity contribution >= 4 is 19.1 Å². The van der Waals surface area contributed by atoms with Crippen molar-refractivity contribution in [1.29, 1.82) is 10.5 Å². The lowest BCUT2D eigenvalue weighted by Gasteiger charge is -2.26. The van der Waals surface area contributed by atoms with E-state index in [1.807, 2.05) is 23.0 Å². The lowest BCUT2D eigenvalue weighted by molar-refractivity contribution is 0.0899. The van der Waals surface area contributed by atoms with E-state index in [0.717, 1.165) is 47.8 Å². The van der Waals surface area contributed by atoms with Gasteiger partial charge in [-0.3, -0.25) is 4.68 Å². The first-order chi connectivity index (χ1) is 15.8. The van der Waals surface area contributed by atoms with E-state index < -0.39 is 13.6 Å². The molecule has 3 aromatic rings. The molecule has 0 bridgehead atoms. The highest BCUT2D eigenvalue weighted by molar-refractivity contribution is 6.76. The smallest absolute Gasteiger partial charge is 0.164 e. The average molecular weight is 462 g/mol. The van der Waals surface area contributed by atoms with E-state index in [9.17, 15) is 10.5 Å². The average Bonchev–Trinajstić information content (AvgIpc) is 3.52. The van der Waals surface area contributed by atoms with E-state index in [0.29, 0.717) is 13.2 Å². The number of hydrogen-bond acceptors (Lipinski definition) is 6. The van der Waals surface area contributed by atoms with Gasteiger partial charge in [0.05, 0.1) is 29.9 Å². The summed E-state index contributed by atoms with van der Waals surface area (Å²) in [6.07, 6.45) is 9.48. The standard InChI is InChI=1S/C24H31N7OSi/c1-5-18-6-8-24(15-26,21(18)12-25)31-14-19(13-29-31)22-20-7-9-30(23(20)28-16-27-22)17-32-10-11-33(2,3)4/h7,9,13-14,16,18,21H,5-6,8,10-11,17H2,1-4H3. The largest absolute Gasteiger partial charge is 0.361 e. The van der Waals surface area contributed by atoms with Gasteiger partial charge in [-0.25, -0.2) is 9.97 Å². The van der Waals surface area contributed by atoms with Crippen molar-refractivity contribution in [2.24, 2.45) is 11.8 Å². The molecule has 3 atom stereocenters. The Hall–Kier alpha value is -3.01. The van der Waals surface area contributed by atoms with Gasteiger partial charge >= 0.3 is 0 Å². The minimum absolute atomic E-state index is 0.211. The Morgan fingerprint density at radius 2 is 2.09 bits per heavy atom. The summed E-state index contributed by atoms with van der Waals surface area (Å²) in [6, 6.07) is 7.94. The minimum atomic E-state index is -1.13. The molecule has 0 spiro atoms. The van der Waals surface area contributed by atoms with Gasteiger partial charge in [0.15, 0.2) is 5.54 Å². The Labute approximate surface area is 195 Å².